The van der Waals surface area contributed by atoms with Crippen molar-refractivity contribution in [2.24, 2.45) is 0 Å². The fourth-order valence-electron chi connectivity index (χ4n) is 2.80. The van der Waals surface area contributed by atoms with Crippen LogP contribution in [0.1, 0.15) is 27.6 Å². The van der Waals surface area contributed by atoms with Crippen molar-refractivity contribution in [1.82, 2.24) is 15.0 Å². The number of aromatic nitrogens is 3. The minimum absolute atomic E-state index is 0.0450. The molecule has 2 aromatic carbocycles. The highest BCUT2D eigenvalue weighted by atomic mass is 16.3. The molecule has 0 unspecified atom stereocenters. The van der Waals surface area contributed by atoms with Gasteiger partial charge in [0, 0.05) is 23.4 Å². The number of hydrogen-bond acceptors (Lipinski definition) is 6. The lowest BCUT2D eigenvalue weighted by Crippen LogP contribution is -2.11. The van der Waals surface area contributed by atoms with E-state index in [1.54, 1.807) is 13.0 Å². The molecule has 0 atom stereocenters. The molecular weight excluding hydrogens is 340 g/mol. The fourth-order valence-corrected chi connectivity index (χ4v) is 2.80. The van der Waals surface area contributed by atoms with E-state index in [1.165, 1.54) is 0 Å². The number of aryl methyl sites for hydroxylation is 2. The highest BCUT2D eigenvalue weighted by molar-refractivity contribution is 5.97. The van der Waals surface area contributed by atoms with Crippen LogP contribution in [0.5, 0.6) is 0 Å². The molecular formula is C21H22N4O2. The Hall–Kier alpha value is -3.12. The van der Waals surface area contributed by atoms with Crippen LogP contribution < -0.4 is 5.32 Å². The van der Waals surface area contributed by atoms with Gasteiger partial charge >= 0.3 is 0 Å². The molecule has 1 heterocycles. The van der Waals surface area contributed by atoms with E-state index in [0.29, 0.717) is 29.6 Å². The van der Waals surface area contributed by atoms with Gasteiger partial charge in [0.25, 0.3) is 0 Å². The first-order valence-corrected chi connectivity index (χ1v) is 8.82. The molecule has 6 heteroatoms. The zero-order valence-electron chi connectivity index (χ0n) is 15.4. The summed E-state index contributed by atoms with van der Waals surface area (Å²) in [7, 11) is 0. The van der Waals surface area contributed by atoms with Gasteiger partial charge in [-0.2, -0.15) is 0 Å². The Labute approximate surface area is 158 Å². The first-order valence-electron chi connectivity index (χ1n) is 8.82. The maximum Gasteiger partial charge on any atom is 0.170 e. The van der Waals surface area contributed by atoms with E-state index >= 15 is 0 Å². The molecule has 6 nitrogen and oxygen atoms in total. The molecule has 3 aromatic rings. The molecule has 1 aromatic heterocycles. The van der Waals surface area contributed by atoms with Gasteiger partial charge in [0.1, 0.15) is 11.6 Å². The molecule has 0 aliphatic carbocycles. The van der Waals surface area contributed by atoms with Gasteiger partial charge in [-0.3, -0.25) is 4.79 Å². The number of carbonyl (C=O) groups is 1. The summed E-state index contributed by atoms with van der Waals surface area (Å²) in [6, 6.07) is 15.1. The van der Waals surface area contributed by atoms with E-state index in [-0.39, 0.29) is 18.8 Å². The number of rotatable bonds is 7. The second-order valence-electron chi connectivity index (χ2n) is 6.27. The Morgan fingerprint density at radius 1 is 1.04 bits per heavy atom. The normalized spacial score (nSPS) is 10.6. The summed E-state index contributed by atoms with van der Waals surface area (Å²) in [5, 5.41) is 12.0. The SMILES string of the molecule is Cc1nc(CC(=O)c2ccc(NCCO)c(C)c2)nc(-c2ccccc2)n1. The number of nitrogens with zero attached hydrogens (tertiary/aromatic N) is 3. The Kier molecular flexibility index (Phi) is 5.88. The van der Waals surface area contributed by atoms with Crippen molar-refractivity contribution in [2.45, 2.75) is 20.3 Å². The fraction of sp³-hybridized carbons (Fsp3) is 0.238. The number of nitrogens with one attached hydrogen (secondary N) is 1. The minimum atomic E-state index is -0.0450. The summed E-state index contributed by atoms with van der Waals surface area (Å²) >= 11 is 0. The van der Waals surface area contributed by atoms with Gasteiger partial charge in [0.15, 0.2) is 11.6 Å². The van der Waals surface area contributed by atoms with Gasteiger partial charge < -0.3 is 10.4 Å². The van der Waals surface area contributed by atoms with Gasteiger partial charge in [-0.1, -0.05) is 30.3 Å². The van der Waals surface area contributed by atoms with E-state index < -0.39 is 0 Å². The van der Waals surface area contributed by atoms with Crippen molar-refractivity contribution in [3.63, 3.8) is 0 Å². The number of Topliss-reactive ketones (excluding diaryl/α,β-unsaturated/α-hetero) is 1. The van der Waals surface area contributed by atoms with Crippen molar-refractivity contribution in [3.05, 3.63) is 71.3 Å². The van der Waals surface area contributed by atoms with Gasteiger partial charge in [-0.05, 0) is 37.6 Å². The molecule has 3 rings (SSSR count). The smallest absolute Gasteiger partial charge is 0.170 e. The standard InChI is InChI=1S/C21H22N4O2/c1-14-12-17(8-9-18(14)22-10-11-26)19(27)13-20-23-15(2)24-21(25-20)16-6-4-3-5-7-16/h3-9,12,22,26H,10-11,13H2,1-2H3. The lowest BCUT2D eigenvalue weighted by molar-refractivity contribution is 0.0990. The third-order valence-electron chi connectivity index (χ3n) is 4.12. The number of aliphatic hydroxyl groups excluding tert-OH is 1. The zero-order valence-corrected chi connectivity index (χ0v) is 15.4. The largest absolute Gasteiger partial charge is 0.395 e. The predicted octanol–water partition coefficient (Wildman–Crippen LogP) is 2.99. The summed E-state index contributed by atoms with van der Waals surface area (Å²) in [6.45, 7) is 4.26. The van der Waals surface area contributed by atoms with Gasteiger partial charge in [-0.15, -0.1) is 0 Å². The molecule has 0 radical (unpaired) electrons. The van der Waals surface area contributed by atoms with Gasteiger partial charge in [0.2, 0.25) is 0 Å². The molecule has 0 fully saturated rings. The number of ketones is 1. The molecule has 0 aliphatic heterocycles. The molecule has 138 valence electrons. The second-order valence-corrected chi connectivity index (χ2v) is 6.27. The Morgan fingerprint density at radius 2 is 1.81 bits per heavy atom. The molecule has 0 saturated carbocycles. The van der Waals surface area contributed by atoms with E-state index in [4.69, 9.17) is 5.11 Å². The topological polar surface area (TPSA) is 88.0 Å². The van der Waals surface area contributed by atoms with Crippen molar-refractivity contribution in [3.8, 4) is 11.4 Å². The summed E-state index contributed by atoms with van der Waals surface area (Å²) in [6.07, 6.45) is 0.117. The average Bonchev–Trinajstić information content (AvgIpc) is 2.67. The summed E-state index contributed by atoms with van der Waals surface area (Å²) in [4.78, 5) is 25.9. The Balaban J connectivity index is 1.80. The summed E-state index contributed by atoms with van der Waals surface area (Å²) < 4.78 is 0. The van der Waals surface area contributed by atoms with Crippen LogP contribution in [-0.4, -0.2) is 39.0 Å². The predicted molar refractivity (Wildman–Crippen MR) is 105 cm³/mol. The number of benzene rings is 2. The summed E-state index contributed by atoms with van der Waals surface area (Å²) in [5.74, 6) is 1.58. The van der Waals surface area contributed by atoms with Crippen molar-refractivity contribution in [2.75, 3.05) is 18.5 Å². The third kappa shape index (κ3) is 4.74. The Bertz CT molecular complexity index is 942. The van der Waals surface area contributed by atoms with E-state index in [0.717, 1.165) is 16.8 Å². The number of anilines is 1. The molecule has 27 heavy (non-hydrogen) atoms. The first kappa shape index (κ1) is 18.7. The van der Waals surface area contributed by atoms with Crippen LogP contribution in [0.25, 0.3) is 11.4 Å². The zero-order chi connectivity index (χ0) is 19.2. The van der Waals surface area contributed by atoms with Crippen LogP contribution in [0.4, 0.5) is 5.69 Å². The molecule has 0 saturated heterocycles. The van der Waals surface area contributed by atoms with Crippen molar-refractivity contribution >= 4 is 11.5 Å². The second kappa shape index (κ2) is 8.51. The van der Waals surface area contributed by atoms with Gasteiger partial charge in [-0.25, -0.2) is 15.0 Å². The lowest BCUT2D eigenvalue weighted by Gasteiger charge is -2.10. The number of aliphatic hydroxyl groups is 1. The van der Waals surface area contributed by atoms with Gasteiger partial charge in [0.05, 0.1) is 13.0 Å². The van der Waals surface area contributed by atoms with Crippen LogP contribution in [0.15, 0.2) is 48.5 Å². The molecule has 0 spiro atoms. The maximum atomic E-state index is 12.7. The summed E-state index contributed by atoms with van der Waals surface area (Å²) in [5.41, 5.74) is 3.36. The van der Waals surface area contributed by atoms with Crippen LogP contribution in [-0.2, 0) is 6.42 Å². The van der Waals surface area contributed by atoms with E-state index in [9.17, 15) is 4.79 Å². The highest BCUT2D eigenvalue weighted by Gasteiger charge is 2.13. The maximum absolute atomic E-state index is 12.7. The average molecular weight is 362 g/mol. The third-order valence-corrected chi connectivity index (χ3v) is 4.12. The number of hydrogen-bond donors (Lipinski definition) is 2. The minimum Gasteiger partial charge on any atom is -0.395 e. The van der Waals surface area contributed by atoms with Crippen molar-refractivity contribution < 1.29 is 9.90 Å². The Morgan fingerprint density at radius 3 is 2.52 bits per heavy atom. The van der Waals surface area contributed by atoms with Crippen LogP contribution in [0.2, 0.25) is 0 Å². The number of carbonyl (C=O) groups excluding carboxylic acids is 1. The van der Waals surface area contributed by atoms with E-state index in [2.05, 4.69) is 20.3 Å². The lowest BCUT2D eigenvalue weighted by atomic mass is 10.0. The first-order chi connectivity index (χ1) is 13.1. The van der Waals surface area contributed by atoms with Crippen LogP contribution >= 0.6 is 0 Å². The molecule has 2 N–H and O–H groups in total. The molecule has 0 aliphatic rings. The monoisotopic (exact) mass is 362 g/mol. The molecule has 0 bridgehead atoms. The quantitative estimate of drug-likeness (QED) is 0.628. The van der Waals surface area contributed by atoms with Crippen molar-refractivity contribution in [1.29, 1.82) is 0 Å². The van der Waals surface area contributed by atoms with Crippen LogP contribution in [0, 0.1) is 13.8 Å². The van der Waals surface area contributed by atoms with Crippen LogP contribution in [0.3, 0.4) is 0 Å². The van der Waals surface area contributed by atoms with E-state index in [1.807, 2.05) is 49.4 Å². The molecule has 0 amide bonds. The highest BCUT2D eigenvalue weighted by Crippen LogP contribution is 2.18.